The topological polar surface area (TPSA) is 80.9 Å². The Balaban J connectivity index is 2.25. The fraction of sp³-hybridized carbons (Fsp3) is 0.154. The molecule has 0 aliphatic carbocycles. The molecule has 102 valence electrons. The van der Waals surface area contributed by atoms with Crippen LogP contribution < -0.4 is 11.1 Å². The van der Waals surface area contributed by atoms with Gasteiger partial charge >= 0.3 is 0 Å². The van der Waals surface area contributed by atoms with Crippen LogP contribution in [0, 0.1) is 18.8 Å². The average Bonchev–Trinajstić information content (AvgIpc) is 2.86. The van der Waals surface area contributed by atoms with Gasteiger partial charge in [-0.1, -0.05) is 27.9 Å². The molecule has 1 aromatic carbocycles. The van der Waals surface area contributed by atoms with Crippen LogP contribution in [0.5, 0.6) is 0 Å². The second-order valence-corrected chi connectivity index (χ2v) is 5.00. The third-order valence-electron chi connectivity index (χ3n) is 2.41. The van der Waals surface area contributed by atoms with Crippen molar-refractivity contribution in [3.05, 3.63) is 39.4 Å². The molecule has 3 N–H and O–H groups in total. The number of nitrogens with zero attached hydrogens (tertiary/aromatic N) is 2. The zero-order chi connectivity index (χ0) is 14.5. The predicted octanol–water partition coefficient (Wildman–Crippen LogP) is 2.06. The van der Waals surface area contributed by atoms with E-state index in [1.807, 2.05) is 0 Å². The van der Waals surface area contributed by atoms with Gasteiger partial charge in [-0.05, 0) is 36.7 Å². The van der Waals surface area contributed by atoms with Crippen molar-refractivity contribution in [1.82, 2.24) is 9.59 Å². The zero-order valence-corrected chi connectivity index (χ0v) is 12.2. The summed E-state index contributed by atoms with van der Waals surface area (Å²) in [7, 11) is 0. The molecule has 2 rings (SSSR count). The Hall–Kier alpha value is -1.94. The molecule has 0 aliphatic heterocycles. The molecule has 0 saturated heterocycles. The minimum absolute atomic E-state index is 0.274. The maximum Gasteiger partial charge on any atom is 0.269 e. The van der Waals surface area contributed by atoms with Crippen LogP contribution in [0.3, 0.4) is 0 Å². The number of carbonyl (C=O) groups excluding carboxylic acids is 1. The van der Waals surface area contributed by atoms with Gasteiger partial charge in [0.05, 0.1) is 22.9 Å². The van der Waals surface area contributed by atoms with E-state index < -0.39 is 0 Å². The number of nitrogens with two attached hydrogens (primary N) is 1. The summed E-state index contributed by atoms with van der Waals surface area (Å²) in [6, 6.07) is 5.14. The van der Waals surface area contributed by atoms with E-state index in [4.69, 9.17) is 17.3 Å². The molecule has 5 nitrogen and oxygen atoms in total. The molecule has 1 heterocycles. The number of aryl methyl sites for hydroxylation is 1. The molecule has 0 unspecified atom stereocenters. The van der Waals surface area contributed by atoms with E-state index in [9.17, 15) is 4.79 Å². The van der Waals surface area contributed by atoms with Crippen LogP contribution in [0.2, 0.25) is 5.02 Å². The molecule has 0 atom stereocenters. The standard InChI is InChI=1S/C13H11ClN4OS/c1-8-12(20-18-17-8)13(19)16-11-7-9(3-2-6-15)4-5-10(11)14/h4-5,7H,6,15H2,1H3,(H,16,19). The highest BCUT2D eigenvalue weighted by molar-refractivity contribution is 7.08. The Morgan fingerprint density at radius 2 is 2.35 bits per heavy atom. The Bertz CT molecular complexity index is 702. The highest BCUT2D eigenvalue weighted by Gasteiger charge is 2.14. The first-order chi connectivity index (χ1) is 9.61. The van der Waals surface area contributed by atoms with Crippen molar-refractivity contribution < 1.29 is 4.79 Å². The minimum Gasteiger partial charge on any atom is -0.320 e. The molecule has 0 spiro atoms. The summed E-state index contributed by atoms with van der Waals surface area (Å²) in [6.07, 6.45) is 0. The van der Waals surface area contributed by atoms with Crippen LogP contribution in [0.1, 0.15) is 20.9 Å². The van der Waals surface area contributed by atoms with Gasteiger partial charge < -0.3 is 11.1 Å². The fourth-order valence-electron chi connectivity index (χ4n) is 1.47. The Labute approximate surface area is 125 Å². The Kier molecular flexibility index (Phi) is 4.69. The van der Waals surface area contributed by atoms with Gasteiger partial charge in [0.1, 0.15) is 4.88 Å². The summed E-state index contributed by atoms with van der Waals surface area (Å²) in [5.74, 6) is 5.34. The number of carbonyl (C=O) groups is 1. The molecule has 0 bridgehead atoms. The number of anilines is 1. The number of nitrogens with one attached hydrogen (secondary N) is 1. The van der Waals surface area contributed by atoms with Crippen LogP contribution in [-0.4, -0.2) is 22.0 Å². The van der Waals surface area contributed by atoms with Gasteiger partial charge in [-0.3, -0.25) is 4.79 Å². The van der Waals surface area contributed by atoms with E-state index in [2.05, 4.69) is 26.7 Å². The van der Waals surface area contributed by atoms with Gasteiger partial charge in [-0.25, -0.2) is 0 Å². The van der Waals surface area contributed by atoms with E-state index in [0.29, 0.717) is 21.3 Å². The zero-order valence-electron chi connectivity index (χ0n) is 10.6. The number of hydrogen-bond acceptors (Lipinski definition) is 5. The lowest BCUT2D eigenvalue weighted by molar-refractivity contribution is 0.103. The predicted molar refractivity (Wildman–Crippen MR) is 80.0 cm³/mol. The second kappa shape index (κ2) is 6.48. The SMILES string of the molecule is Cc1nnsc1C(=O)Nc1cc(C#CCN)ccc1Cl. The van der Waals surface area contributed by atoms with Gasteiger partial charge in [0.15, 0.2) is 0 Å². The van der Waals surface area contributed by atoms with Gasteiger partial charge in [0.2, 0.25) is 0 Å². The monoisotopic (exact) mass is 306 g/mol. The highest BCUT2D eigenvalue weighted by Crippen LogP contribution is 2.24. The first kappa shape index (κ1) is 14.5. The van der Waals surface area contributed by atoms with Crippen LogP contribution in [0.4, 0.5) is 5.69 Å². The normalized spacial score (nSPS) is 9.75. The van der Waals surface area contributed by atoms with Gasteiger partial charge in [0.25, 0.3) is 5.91 Å². The number of halogens is 1. The summed E-state index contributed by atoms with van der Waals surface area (Å²) >= 11 is 7.10. The summed E-state index contributed by atoms with van der Waals surface area (Å²) in [5, 5.41) is 6.97. The summed E-state index contributed by atoms with van der Waals surface area (Å²) < 4.78 is 3.73. The number of amides is 1. The van der Waals surface area contributed by atoms with Crippen molar-refractivity contribution in [3.8, 4) is 11.8 Å². The molecule has 1 aromatic heterocycles. The molecule has 0 aliphatic rings. The maximum absolute atomic E-state index is 12.1. The third kappa shape index (κ3) is 3.33. The Morgan fingerprint density at radius 1 is 1.55 bits per heavy atom. The third-order valence-corrected chi connectivity index (χ3v) is 3.56. The second-order valence-electron chi connectivity index (χ2n) is 3.84. The number of rotatable bonds is 2. The lowest BCUT2D eigenvalue weighted by Gasteiger charge is -2.06. The highest BCUT2D eigenvalue weighted by atomic mass is 35.5. The molecule has 0 fully saturated rings. The van der Waals surface area contributed by atoms with E-state index in [1.54, 1.807) is 25.1 Å². The van der Waals surface area contributed by atoms with Crippen molar-refractivity contribution in [2.45, 2.75) is 6.92 Å². The first-order valence-corrected chi connectivity index (χ1v) is 6.85. The lowest BCUT2D eigenvalue weighted by atomic mass is 10.2. The van der Waals surface area contributed by atoms with E-state index in [1.165, 1.54) is 0 Å². The van der Waals surface area contributed by atoms with Crippen LogP contribution in [0.15, 0.2) is 18.2 Å². The van der Waals surface area contributed by atoms with Crippen molar-refractivity contribution in [3.63, 3.8) is 0 Å². The number of aromatic nitrogens is 2. The summed E-state index contributed by atoms with van der Waals surface area (Å²) in [4.78, 5) is 12.5. The number of hydrogen-bond donors (Lipinski definition) is 2. The van der Waals surface area contributed by atoms with Crippen molar-refractivity contribution in [2.24, 2.45) is 5.73 Å². The maximum atomic E-state index is 12.1. The van der Waals surface area contributed by atoms with E-state index >= 15 is 0 Å². The average molecular weight is 307 g/mol. The van der Waals surface area contributed by atoms with Crippen molar-refractivity contribution in [2.75, 3.05) is 11.9 Å². The van der Waals surface area contributed by atoms with Gasteiger partial charge in [-0.2, -0.15) is 0 Å². The van der Waals surface area contributed by atoms with Crippen molar-refractivity contribution >= 4 is 34.7 Å². The smallest absolute Gasteiger partial charge is 0.269 e. The lowest BCUT2D eigenvalue weighted by Crippen LogP contribution is -2.12. The molecule has 20 heavy (non-hydrogen) atoms. The summed E-state index contributed by atoms with van der Waals surface area (Å²) in [5.41, 5.74) is 7.13. The van der Waals surface area contributed by atoms with Gasteiger partial charge in [-0.15, -0.1) is 5.10 Å². The molecular weight excluding hydrogens is 296 g/mol. The van der Waals surface area contributed by atoms with E-state index in [0.717, 1.165) is 17.1 Å². The van der Waals surface area contributed by atoms with E-state index in [-0.39, 0.29) is 12.5 Å². The fourth-order valence-corrected chi connectivity index (χ4v) is 2.19. The van der Waals surface area contributed by atoms with Crippen LogP contribution in [-0.2, 0) is 0 Å². The quantitative estimate of drug-likeness (QED) is 0.832. The van der Waals surface area contributed by atoms with Gasteiger partial charge in [0, 0.05) is 5.56 Å². The first-order valence-electron chi connectivity index (χ1n) is 5.70. The van der Waals surface area contributed by atoms with Crippen LogP contribution in [0.25, 0.3) is 0 Å². The van der Waals surface area contributed by atoms with Crippen molar-refractivity contribution in [1.29, 1.82) is 0 Å². The minimum atomic E-state index is -0.289. The molecular formula is C13H11ClN4OS. The molecule has 0 radical (unpaired) electrons. The Morgan fingerprint density at radius 3 is 3.00 bits per heavy atom. The summed E-state index contributed by atoms with van der Waals surface area (Å²) in [6.45, 7) is 2.00. The molecule has 2 aromatic rings. The molecule has 0 saturated carbocycles. The molecule has 7 heteroatoms. The van der Waals surface area contributed by atoms with Crippen LogP contribution >= 0.6 is 23.1 Å². The largest absolute Gasteiger partial charge is 0.320 e. The molecule has 1 amide bonds. The number of benzene rings is 1.